The summed E-state index contributed by atoms with van der Waals surface area (Å²) in [5, 5.41) is 63.9. The van der Waals surface area contributed by atoms with Crippen LogP contribution in [0, 0.1) is 0 Å². The van der Waals surface area contributed by atoms with Gasteiger partial charge in [-0.15, -0.1) is 0 Å². The number of halogens is 6. The van der Waals surface area contributed by atoms with E-state index in [4.69, 9.17) is 66.7 Å². The van der Waals surface area contributed by atoms with E-state index < -0.39 is 104 Å². The largest absolute Gasteiger partial charge is 0.480 e. The third-order valence-electron chi connectivity index (χ3n) is 12.1. The fourth-order valence-corrected chi connectivity index (χ4v) is 7.67. The summed E-state index contributed by atoms with van der Waals surface area (Å²) in [5.41, 5.74) is -2.43. The molecule has 0 aromatic carbocycles. The summed E-state index contributed by atoms with van der Waals surface area (Å²) in [6.45, 7) is 1.53. The van der Waals surface area contributed by atoms with Crippen molar-refractivity contribution >= 4 is 35.3 Å². The highest BCUT2D eigenvalue weighted by Gasteiger charge is 2.41. The normalized spacial score (nSPS) is 20.6. The van der Waals surface area contributed by atoms with Crippen molar-refractivity contribution in [2.75, 3.05) is 182 Å². The van der Waals surface area contributed by atoms with Crippen LogP contribution in [0.5, 0.6) is 0 Å². The monoisotopic (exact) mass is 1280 g/mol. The number of amides is 3. The number of hydrogen-bond acceptors (Lipinski definition) is 27. The predicted molar refractivity (Wildman–Crippen MR) is 286 cm³/mol. The van der Waals surface area contributed by atoms with Crippen LogP contribution in [0.3, 0.4) is 0 Å². The summed E-state index contributed by atoms with van der Waals surface area (Å²) in [6.07, 6.45) is -13.6. The van der Waals surface area contributed by atoms with E-state index in [2.05, 4.69) is 46.5 Å². The highest BCUT2D eigenvalue weighted by molar-refractivity contribution is 5.78. The van der Waals surface area contributed by atoms with Crippen molar-refractivity contribution in [1.82, 2.24) is 35.9 Å². The molecule has 2 aliphatic heterocycles. The average Bonchev–Trinajstić information content (AvgIpc) is 1.91. The second-order valence-electron chi connectivity index (χ2n) is 19.1. The van der Waals surface area contributed by atoms with Crippen LogP contribution in [-0.4, -0.2) is 296 Å². The molecule has 4 heterocycles. The number of hydrogen-bond donors (Lipinski definition) is 10. The van der Waals surface area contributed by atoms with Gasteiger partial charge in [0.05, 0.1) is 188 Å². The lowest BCUT2D eigenvalue weighted by Gasteiger charge is -2.38. The number of carbonyl (C=O) groups is 4. The quantitative estimate of drug-likeness (QED) is 0.0243. The predicted octanol–water partition coefficient (Wildman–Crippen LogP) is -2.43. The third-order valence-corrected chi connectivity index (χ3v) is 12.1. The van der Waals surface area contributed by atoms with Gasteiger partial charge in [0.2, 0.25) is 17.7 Å². The number of aliphatic hydroxyl groups excluding tert-OH is 4. The number of aliphatic hydroxyl groups is 4. The van der Waals surface area contributed by atoms with Crippen molar-refractivity contribution in [3.05, 3.63) is 36.2 Å². The lowest BCUT2D eigenvalue weighted by atomic mass is 9.98. The molecule has 0 unspecified atom stereocenters. The van der Waals surface area contributed by atoms with Gasteiger partial charge in [-0.3, -0.25) is 24.4 Å². The number of nitrogens with one attached hydrogen (secondary N) is 5. The molecule has 8 atom stereocenters. The lowest BCUT2D eigenvalue weighted by Crippen LogP contribution is -2.57. The van der Waals surface area contributed by atoms with Gasteiger partial charge < -0.3 is 114 Å². The van der Waals surface area contributed by atoms with Crippen LogP contribution in [0.2, 0.25) is 0 Å². The van der Waals surface area contributed by atoms with E-state index in [1.807, 2.05) is 0 Å². The first kappa shape index (κ1) is 75.0. The number of anilines is 2. The van der Waals surface area contributed by atoms with Crippen molar-refractivity contribution in [2.24, 2.45) is 0 Å². The van der Waals surface area contributed by atoms with Gasteiger partial charge in [-0.1, -0.05) is 0 Å². The van der Waals surface area contributed by atoms with Gasteiger partial charge in [-0.05, 0) is 0 Å². The molecule has 10 N–H and O–H groups in total. The second-order valence-corrected chi connectivity index (χ2v) is 19.1. The lowest BCUT2D eigenvalue weighted by molar-refractivity contribution is -0.161. The fraction of sp³-hybridized carbons (Fsp3) is 0.765. The molecule has 37 heteroatoms. The molecule has 0 aliphatic carbocycles. The van der Waals surface area contributed by atoms with Crippen LogP contribution < -0.4 is 26.6 Å². The Morgan fingerprint density at radius 2 is 0.864 bits per heavy atom. The molecule has 0 radical (unpaired) electrons. The molecular weight excluding hydrogens is 1200 g/mol. The summed E-state index contributed by atoms with van der Waals surface area (Å²) < 4.78 is 148. The molecule has 2 saturated heterocycles. The molecule has 502 valence electrons. The first-order valence-electron chi connectivity index (χ1n) is 27.9. The molecule has 2 aliphatic rings. The summed E-state index contributed by atoms with van der Waals surface area (Å²) >= 11 is 0. The minimum Gasteiger partial charge on any atom is -0.480 e. The SMILES string of the molecule is O=C(O)COCC(=O)NC(COCCC(=O)NCCOCCOCCOCCOC[C@H]1OC[C@H](Nc2cncc(C(F)(F)F)n2)[C@@H](O)[C@H]1O)COCCC(=O)NCCOCCOCCOCCOC[C@H]1OC[C@H](Nc2cncc(C(F)(F)F)n2)[C@@H](O)[C@H]1O. The van der Waals surface area contributed by atoms with Crippen molar-refractivity contribution in [3.8, 4) is 0 Å². The maximum absolute atomic E-state index is 13.0. The van der Waals surface area contributed by atoms with Gasteiger partial charge in [0.1, 0.15) is 61.5 Å². The van der Waals surface area contributed by atoms with Gasteiger partial charge in [0, 0.05) is 25.9 Å². The Hall–Kier alpha value is -5.46. The molecule has 0 bridgehead atoms. The molecule has 4 rings (SSSR count). The maximum atomic E-state index is 13.0. The van der Waals surface area contributed by atoms with Crippen LogP contribution >= 0.6 is 0 Å². The van der Waals surface area contributed by atoms with Crippen molar-refractivity contribution in [1.29, 1.82) is 0 Å². The standard InChI is InChI=1S/C51H79F6N9O22/c52-50(53,54)38-21-58-23-40(65-38)63-34-27-87-36(48(74)46(34)72)29-84-19-17-80-15-13-78-11-9-76-7-3-60-42(67)1-5-82-25-33(62-44(69)31-86-32-45(70)71)26-83-6-2-43(68)61-4-8-77-10-12-79-14-16-81-18-20-85-30-37-49(75)47(73)35(28-88-37)64-41-24-59-22-39(66-41)51(55,56)57/h21-24,33-37,46-49,72-75H,1-20,25-32H2,(H,60,67)(H,61,68)(H,62,69)(H,63,65)(H,64,66)(H,70,71)/t34-,35-,36+,37+,46+,47+,48-,49-/m0/s1. The van der Waals surface area contributed by atoms with E-state index in [1.165, 1.54) is 0 Å². The highest BCUT2D eigenvalue weighted by atomic mass is 19.4. The number of aliphatic carboxylic acids is 1. The van der Waals surface area contributed by atoms with Crippen LogP contribution in [0.4, 0.5) is 38.0 Å². The zero-order valence-electron chi connectivity index (χ0n) is 48.0. The van der Waals surface area contributed by atoms with E-state index in [0.29, 0.717) is 12.4 Å². The number of nitrogens with zero attached hydrogens (tertiary/aromatic N) is 4. The Kier molecular flexibility index (Phi) is 36.2. The number of ether oxygens (including phenoxy) is 13. The minimum absolute atomic E-state index is 0.0186. The number of carboxylic acids is 1. The van der Waals surface area contributed by atoms with E-state index in [9.17, 15) is 65.9 Å². The maximum Gasteiger partial charge on any atom is 0.434 e. The summed E-state index contributed by atoms with van der Waals surface area (Å²) in [4.78, 5) is 61.7. The van der Waals surface area contributed by atoms with Crippen LogP contribution in [-0.2, 0) is 93.1 Å². The van der Waals surface area contributed by atoms with Gasteiger partial charge in [-0.25, -0.2) is 14.8 Å². The molecular formula is C51H79F6N9O22. The first-order chi connectivity index (χ1) is 42.2. The van der Waals surface area contributed by atoms with Crippen molar-refractivity contribution in [3.63, 3.8) is 0 Å². The number of alkyl halides is 6. The topological polar surface area (TPSA) is 401 Å². The van der Waals surface area contributed by atoms with Crippen molar-refractivity contribution < 1.29 is 133 Å². The van der Waals surface area contributed by atoms with Gasteiger partial charge in [0.25, 0.3) is 0 Å². The summed E-state index contributed by atoms with van der Waals surface area (Å²) in [5.74, 6) is -3.04. The molecule has 88 heavy (non-hydrogen) atoms. The Balaban J connectivity index is 0.913. The van der Waals surface area contributed by atoms with E-state index in [0.717, 1.165) is 12.4 Å². The fourth-order valence-electron chi connectivity index (χ4n) is 7.67. The minimum atomic E-state index is -4.71. The van der Waals surface area contributed by atoms with Crippen molar-refractivity contribution in [2.45, 2.75) is 79.9 Å². The number of carbonyl (C=O) groups excluding carboxylic acids is 3. The van der Waals surface area contributed by atoms with E-state index in [1.54, 1.807) is 0 Å². The van der Waals surface area contributed by atoms with Gasteiger partial charge >= 0.3 is 18.3 Å². The highest BCUT2D eigenvalue weighted by Crippen LogP contribution is 2.29. The summed E-state index contributed by atoms with van der Waals surface area (Å²) in [7, 11) is 0. The smallest absolute Gasteiger partial charge is 0.434 e. The number of rotatable bonds is 47. The molecule has 2 fully saturated rings. The zero-order valence-corrected chi connectivity index (χ0v) is 48.0. The number of carboxylic acid groups (broad SMARTS) is 1. The third kappa shape index (κ3) is 31.8. The van der Waals surface area contributed by atoms with Gasteiger partial charge in [-0.2, -0.15) is 26.3 Å². The molecule has 2 aromatic rings. The Bertz CT molecular complexity index is 2150. The van der Waals surface area contributed by atoms with Crippen LogP contribution in [0.1, 0.15) is 24.2 Å². The van der Waals surface area contributed by atoms with E-state index in [-0.39, 0.29) is 195 Å². The summed E-state index contributed by atoms with van der Waals surface area (Å²) in [6, 6.07) is -2.64. The molecule has 2 aromatic heterocycles. The van der Waals surface area contributed by atoms with Crippen LogP contribution in [0.15, 0.2) is 24.8 Å². The Labute approximate surface area is 501 Å². The van der Waals surface area contributed by atoms with Crippen LogP contribution in [0.25, 0.3) is 0 Å². The average molecular weight is 1280 g/mol. The molecule has 0 spiro atoms. The van der Waals surface area contributed by atoms with E-state index >= 15 is 0 Å². The number of aromatic nitrogens is 4. The molecule has 3 amide bonds. The molecule has 0 saturated carbocycles. The Morgan fingerprint density at radius 1 is 0.489 bits per heavy atom. The first-order valence-corrected chi connectivity index (χ1v) is 27.9. The second kappa shape index (κ2) is 42.5. The van der Waals surface area contributed by atoms with Gasteiger partial charge in [0.15, 0.2) is 11.4 Å². The molecule has 31 nitrogen and oxygen atoms in total. The Morgan fingerprint density at radius 3 is 1.24 bits per heavy atom. The zero-order chi connectivity index (χ0) is 64.0.